The number of hydrogen-bond acceptors (Lipinski definition) is 2. The molecule has 1 saturated carbocycles. The standard InChI is InChI=1S/C8H14O2/c1-2-7(1)5-9-4-3-8-6-10-8/h7-8H,1-6H2. The largest absolute Gasteiger partial charge is 0.381 e. The Morgan fingerprint density at radius 1 is 1.40 bits per heavy atom. The van der Waals surface area contributed by atoms with Crippen molar-refractivity contribution >= 4 is 0 Å². The molecular weight excluding hydrogens is 128 g/mol. The van der Waals surface area contributed by atoms with Crippen molar-refractivity contribution in [3.8, 4) is 0 Å². The van der Waals surface area contributed by atoms with E-state index in [0.717, 1.165) is 32.2 Å². The lowest BCUT2D eigenvalue weighted by Gasteiger charge is -1.99. The van der Waals surface area contributed by atoms with Crippen LogP contribution in [0.2, 0.25) is 0 Å². The molecule has 0 aromatic heterocycles. The third kappa shape index (κ3) is 2.27. The topological polar surface area (TPSA) is 21.8 Å². The fourth-order valence-corrected chi connectivity index (χ4v) is 0.984. The zero-order valence-electron chi connectivity index (χ0n) is 6.21. The molecule has 1 aliphatic heterocycles. The van der Waals surface area contributed by atoms with Gasteiger partial charge in [0.05, 0.1) is 12.7 Å². The second kappa shape index (κ2) is 2.89. The fourth-order valence-electron chi connectivity index (χ4n) is 0.984. The summed E-state index contributed by atoms with van der Waals surface area (Å²) < 4.78 is 10.5. The predicted octanol–water partition coefficient (Wildman–Crippen LogP) is 1.20. The molecule has 10 heavy (non-hydrogen) atoms. The van der Waals surface area contributed by atoms with Crippen LogP contribution in [0.25, 0.3) is 0 Å². The van der Waals surface area contributed by atoms with E-state index >= 15 is 0 Å². The first-order chi connectivity index (χ1) is 4.95. The molecule has 2 fully saturated rings. The summed E-state index contributed by atoms with van der Waals surface area (Å²) in [6, 6.07) is 0. The molecule has 0 aromatic rings. The molecular formula is C8H14O2. The summed E-state index contributed by atoms with van der Waals surface area (Å²) in [4.78, 5) is 0. The van der Waals surface area contributed by atoms with E-state index in [9.17, 15) is 0 Å². The molecule has 2 nitrogen and oxygen atoms in total. The van der Waals surface area contributed by atoms with E-state index in [0.29, 0.717) is 6.10 Å². The van der Waals surface area contributed by atoms with Gasteiger partial charge in [-0.25, -0.2) is 0 Å². The van der Waals surface area contributed by atoms with Gasteiger partial charge in [0.15, 0.2) is 0 Å². The van der Waals surface area contributed by atoms with Gasteiger partial charge in [-0.15, -0.1) is 0 Å². The molecule has 0 radical (unpaired) electrons. The molecule has 0 amide bonds. The summed E-state index contributed by atoms with van der Waals surface area (Å²) in [5.41, 5.74) is 0. The summed E-state index contributed by atoms with van der Waals surface area (Å²) in [5, 5.41) is 0. The molecule has 2 aliphatic rings. The summed E-state index contributed by atoms with van der Waals surface area (Å²) in [6.45, 7) is 2.86. The molecule has 2 rings (SSSR count). The highest BCUT2D eigenvalue weighted by Crippen LogP contribution is 2.28. The Bertz CT molecular complexity index is 91.8. The molecule has 0 aromatic carbocycles. The molecule has 1 aliphatic carbocycles. The molecule has 0 bridgehead atoms. The van der Waals surface area contributed by atoms with E-state index in [4.69, 9.17) is 9.47 Å². The zero-order chi connectivity index (χ0) is 6.81. The van der Waals surface area contributed by atoms with Crippen molar-refractivity contribution in [3.63, 3.8) is 0 Å². The summed E-state index contributed by atoms with van der Waals surface area (Å²) in [7, 11) is 0. The first-order valence-corrected chi connectivity index (χ1v) is 4.14. The van der Waals surface area contributed by atoms with Crippen LogP contribution in [0.5, 0.6) is 0 Å². The van der Waals surface area contributed by atoms with Crippen LogP contribution in [-0.4, -0.2) is 25.9 Å². The van der Waals surface area contributed by atoms with Crippen LogP contribution in [0.1, 0.15) is 19.3 Å². The molecule has 1 atom stereocenters. The minimum atomic E-state index is 0.541. The Morgan fingerprint density at radius 2 is 2.20 bits per heavy atom. The SMILES string of the molecule is C(CC1CO1)OCC1CC1. The van der Waals surface area contributed by atoms with Gasteiger partial charge in [-0.3, -0.25) is 0 Å². The van der Waals surface area contributed by atoms with Crippen LogP contribution >= 0.6 is 0 Å². The van der Waals surface area contributed by atoms with Crippen molar-refractivity contribution in [2.24, 2.45) is 5.92 Å². The van der Waals surface area contributed by atoms with Gasteiger partial charge in [0.25, 0.3) is 0 Å². The van der Waals surface area contributed by atoms with Gasteiger partial charge in [0, 0.05) is 13.2 Å². The molecule has 1 heterocycles. The van der Waals surface area contributed by atoms with Crippen molar-refractivity contribution in [1.82, 2.24) is 0 Å². The van der Waals surface area contributed by atoms with E-state index < -0.39 is 0 Å². The number of epoxide rings is 1. The minimum absolute atomic E-state index is 0.541. The first-order valence-electron chi connectivity index (χ1n) is 4.14. The Kier molecular flexibility index (Phi) is 1.91. The van der Waals surface area contributed by atoms with Gasteiger partial charge < -0.3 is 9.47 Å². The van der Waals surface area contributed by atoms with Crippen molar-refractivity contribution in [2.75, 3.05) is 19.8 Å². The quantitative estimate of drug-likeness (QED) is 0.425. The van der Waals surface area contributed by atoms with E-state index in [2.05, 4.69) is 0 Å². The van der Waals surface area contributed by atoms with Crippen molar-refractivity contribution in [1.29, 1.82) is 0 Å². The third-order valence-electron chi connectivity index (χ3n) is 2.04. The highest BCUT2D eigenvalue weighted by Gasteiger charge is 2.23. The van der Waals surface area contributed by atoms with Crippen LogP contribution in [0.3, 0.4) is 0 Å². The summed E-state index contributed by atoms with van der Waals surface area (Å²) in [6.07, 6.45) is 4.42. The number of hydrogen-bond donors (Lipinski definition) is 0. The minimum Gasteiger partial charge on any atom is -0.381 e. The second-order valence-electron chi connectivity index (χ2n) is 3.26. The maximum Gasteiger partial charge on any atom is 0.0831 e. The average molecular weight is 142 g/mol. The highest BCUT2D eigenvalue weighted by molar-refractivity contribution is 4.72. The van der Waals surface area contributed by atoms with Gasteiger partial charge in [0.1, 0.15) is 0 Å². The van der Waals surface area contributed by atoms with Crippen molar-refractivity contribution < 1.29 is 9.47 Å². The maximum absolute atomic E-state index is 5.43. The molecule has 0 spiro atoms. The zero-order valence-corrected chi connectivity index (χ0v) is 6.21. The molecule has 1 saturated heterocycles. The molecule has 58 valence electrons. The van der Waals surface area contributed by atoms with Crippen molar-refractivity contribution in [2.45, 2.75) is 25.4 Å². The first kappa shape index (κ1) is 6.62. The highest BCUT2D eigenvalue weighted by atomic mass is 16.6. The normalized spacial score (nSPS) is 30.6. The van der Waals surface area contributed by atoms with E-state index in [-0.39, 0.29) is 0 Å². The van der Waals surface area contributed by atoms with E-state index in [1.165, 1.54) is 12.8 Å². The maximum atomic E-state index is 5.43. The molecule has 2 heteroatoms. The van der Waals surface area contributed by atoms with Crippen LogP contribution in [-0.2, 0) is 9.47 Å². The van der Waals surface area contributed by atoms with Crippen LogP contribution < -0.4 is 0 Å². The van der Waals surface area contributed by atoms with Gasteiger partial charge >= 0.3 is 0 Å². The van der Waals surface area contributed by atoms with Crippen molar-refractivity contribution in [3.05, 3.63) is 0 Å². The Morgan fingerprint density at radius 3 is 2.80 bits per heavy atom. The monoisotopic (exact) mass is 142 g/mol. The Labute approximate surface area is 61.5 Å². The second-order valence-corrected chi connectivity index (χ2v) is 3.26. The van der Waals surface area contributed by atoms with Crippen LogP contribution in [0, 0.1) is 5.92 Å². The predicted molar refractivity (Wildman–Crippen MR) is 37.9 cm³/mol. The van der Waals surface area contributed by atoms with E-state index in [1.54, 1.807) is 0 Å². The summed E-state index contributed by atoms with van der Waals surface area (Å²) >= 11 is 0. The smallest absolute Gasteiger partial charge is 0.0831 e. The Hall–Kier alpha value is -0.0800. The lowest BCUT2D eigenvalue weighted by atomic mass is 10.3. The Balaban J connectivity index is 1.40. The lowest BCUT2D eigenvalue weighted by molar-refractivity contribution is 0.116. The molecule has 1 unspecified atom stereocenters. The third-order valence-corrected chi connectivity index (χ3v) is 2.04. The lowest BCUT2D eigenvalue weighted by Crippen LogP contribution is -2.00. The van der Waals surface area contributed by atoms with Gasteiger partial charge in [-0.2, -0.15) is 0 Å². The molecule has 0 N–H and O–H groups in total. The van der Waals surface area contributed by atoms with Gasteiger partial charge in [-0.1, -0.05) is 0 Å². The van der Waals surface area contributed by atoms with Gasteiger partial charge in [0.2, 0.25) is 0 Å². The fraction of sp³-hybridized carbons (Fsp3) is 1.00. The van der Waals surface area contributed by atoms with Crippen LogP contribution in [0.15, 0.2) is 0 Å². The van der Waals surface area contributed by atoms with E-state index in [1.807, 2.05) is 0 Å². The average Bonchev–Trinajstić information content (AvgIpc) is 2.77. The number of rotatable bonds is 5. The van der Waals surface area contributed by atoms with Gasteiger partial charge in [-0.05, 0) is 25.2 Å². The number of ether oxygens (including phenoxy) is 2. The summed E-state index contributed by atoms with van der Waals surface area (Å²) in [5.74, 6) is 0.903. The van der Waals surface area contributed by atoms with Crippen LogP contribution in [0.4, 0.5) is 0 Å².